The number of anilines is 1. The molecule has 4 rings (SSSR count). The molecule has 2 heterocycles. The van der Waals surface area contributed by atoms with Gasteiger partial charge in [0.25, 0.3) is 5.91 Å². The molecule has 0 fully saturated rings. The number of H-pyrrole nitrogens is 1. The van der Waals surface area contributed by atoms with E-state index in [0.29, 0.717) is 15.7 Å². The number of aromatic amines is 1. The summed E-state index contributed by atoms with van der Waals surface area (Å²) in [5.74, 6) is -0.0262. The minimum atomic E-state index is -4.64. The van der Waals surface area contributed by atoms with Gasteiger partial charge in [-0.25, -0.2) is 0 Å². The normalized spacial score (nSPS) is 15.8. The number of halogens is 5. The van der Waals surface area contributed by atoms with Gasteiger partial charge in [0, 0.05) is 40.9 Å². The highest BCUT2D eigenvalue weighted by atomic mass is 35.5. The maximum absolute atomic E-state index is 12.3. The van der Waals surface area contributed by atoms with Crippen LogP contribution in [0.15, 0.2) is 54.7 Å². The number of amides is 1. The zero-order chi connectivity index (χ0) is 24.2. The lowest BCUT2D eigenvalue weighted by Crippen LogP contribution is -2.31. The summed E-state index contributed by atoms with van der Waals surface area (Å²) in [5, 5.41) is 4.29. The molecule has 1 aliphatic rings. The summed E-state index contributed by atoms with van der Waals surface area (Å²) in [4.78, 5) is 26.2. The van der Waals surface area contributed by atoms with E-state index in [4.69, 9.17) is 28.0 Å². The van der Waals surface area contributed by atoms with Gasteiger partial charge in [-0.15, -0.1) is 0 Å². The molecule has 5 nitrogen and oxygen atoms in total. The average molecular weight is 498 g/mol. The molecule has 0 spiro atoms. The number of aromatic nitrogens is 1. The number of hydrogen-bond acceptors (Lipinski definition) is 3. The average Bonchev–Trinajstić information content (AvgIpc) is 3.29. The number of likely N-dealkylation sites (N-methyl/N-ethyl adjacent to an activating group) is 1. The second kappa shape index (κ2) is 10.4. The van der Waals surface area contributed by atoms with Crippen LogP contribution in [0.3, 0.4) is 0 Å². The first kappa shape index (κ1) is 24.8. The molecule has 1 amide bonds. The first-order valence-electron chi connectivity index (χ1n) is 9.81. The second-order valence-corrected chi connectivity index (χ2v) is 8.37. The number of benzene rings is 2. The van der Waals surface area contributed by atoms with Crippen LogP contribution in [0.25, 0.3) is 0 Å². The van der Waals surface area contributed by atoms with Crippen LogP contribution in [0.1, 0.15) is 33.1 Å². The van der Waals surface area contributed by atoms with E-state index in [1.807, 2.05) is 24.3 Å². The largest absolute Gasteiger partial charge is 0.446 e. The number of hydrogen-bond donors (Lipinski definition) is 2. The lowest BCUT2D eigenvalue weighted by atomic mass is 9.84. The molecule has 1 unspecified atom stereocenters. The number of carbonyl (C=O) groups is 2. The van der Waals surface area contributed by atoms with Crippen LogP contribution in [0.5, 0.6) is 0 Å². The van der Waals surface area contributed by atoms with Gasteiger partial charge >= 0.3 is 6.18 Å². The van der Waals surface area contributed by atoms with Crippen LogP contribution >= 0.6 is 23.2 Å². The summed E-state index contributed by atoms with van der Waals surface area (Å²) >= 11 is 12.7. The predicted molar refractivity (Wildman–Crippen MR) is 122 cm³/mol. The van der Waals surface area contributed by atoms with Gasteiger partial charge in [-0.3, -0.25) is 9.59 Å². The SMILES string of the molecule is CN1Cc2c(Cl)cc(Cl)cc2C(c2cccc(NC(=O)c3ccc[nH]3)c2)C1.O=CC(F)(F)F. The van der Waals surface area contributed by atoms with Crippen molar-refractivity contribution in [3.05, 3.63) is 87.2 Å². The van der Waals surface area contributed by atoms with Crippen molar-refractivity contribution < 1.29 is 22.8 Å². The third kappa shape index (κ3) is 6.60. The van der Waals surface area contributed by atoms with E-state index < -0.39 is 12.5 Å². The van der Waals surface area contributed by atoms with E-state index in [1.165, 1.54) is 0 Å². The number of alkyl halides is 3. The Kier molecular flexibility index (Phi) is 7.84. The molecule has 0 saturated heterocycles. The number of rotatable bonds is 3. The molecule has 1 aliphatic heterocycles. The molecule has 3 aromatic rings. The highest BCUT2D eigenvalue weighted by Gasteiger charge is 2.27. The fourth-order valence-electron chi connectivity index (χ4n) is 3.63. The summed E-state index contributed by atoms with van der Waals surface area (Å²) in [6.45, 7) is 1.66. The Balaban J connectivity index is 0.000000454. The van der Waals surface area contributed by atoms with Gasteiger partial charge in [0.1, 0.15) is 5.69 Å². The van der Waals surface area contributed by atoms with E-state index in [2.05, 4.69) is 28.3 Å². The molecular weight excluding hydrogens is 478 g/mol. The summed E-state index contributed by atoms with van der Waals surface area (Å²) in [6, 6.07) is 15.3. The van der Waals surface area contributed by atoms with Crippen molar-refractivity contribution in [1.82, 2.24) is 9.88 Å². The third-order valence-corrected chi connectivity index (χ3v) is 5.57. The third-order valence-electron chi connectivity index (χ3n) is 5.02. The Bertz CT molecular complexity index is 1130. The fourth-order valence-corrected chi connectivity index (χ4v) is 4.20. The topological polar surface area (TPSA) is 65.2 Å². The number of carbonyl (C=O) groups excluding carboxylic acids is 2. The number of aldehydes is 1. The highest BCUT2D eigenvalue weighted by molar-refractivity contribution is 6.35. The van der Waals surface area contributed by atoms with Gasteiger partial charge in [-0.2, -0.15) is 13.2 Å². The molecule has 1 aromatic heterocycles. The summed E-state index contributed by atoms with van der Waals surface area (Å²) in [6.07, 6.45) is -3.97. The molecular formula is C23H20Cl2F3N3O2. The fraction of sp³-hybridized carbons (Fsp3) is 0.217. The number of nitrogens with one attached hydrogen (secondary N) is 2. The smallest absolute Gasteiger partial charge is 0.357 e. The lowest BCUT2D eigenvalue weighted by Gasteiger charge is -2.33. The Morgan fingerprint density at radius 2 is 1.91 bits per heavy atom. The van der Waals surface area contributed by atoms with Gasteiger partial charge in [-0.05, 0) is 60.1 Å². The first-order valence-corrected chi connectivity index (χ1v) is 10.6. The summed E-state index contributed by atoms with van der Waals surface area (Å²) in [7, 11) is 2.08. The second-order valence-electron chi connectivity index (χ2n) is 7.53. The van der Waals surface area contributed by atoms with Crippen molar-refractivity contribution in [2.24, 2.45) is 0 Å². The maximum Gasteiger partial charge on any atom is 0.446 e. The first-order chi connectivity index (χ1) is 15.6. The molecule has 1 atom stereocenters. The van der Waals surface area contributed by atoms with Gasteiger partial charge in [0.15, 0.2) is 0 Å². The Morgan fingerprint density at radius 3 is 2.55 bits per heavy atom. The molecule has 33 heavy (non-hydrogen) atoms. The van der Waals surface area contributed by atoms with Gasteiger partial charge < -0.3 is 15.2 Å². The van der Waals surface area contributed by atoms with Gasteiger partial charge in [0.2, 0.25) is 6.29 Å². The van der Waals surface area contributed by atoms with Crippen molar-refractivity contribution in [3.8, 4) is 0 Å². The molecule has 0 radical (unpaired) electrons. The molecule has 2 N–H and O–H groups in total. The Morgan fingerprint density at radius 1 is 1.18 bits per heavy atom. The van der Waals surface area contributed by atoms with E-state index in [-0.39, 0.29) is 11.8 Å². The Hall–Kier alpha value is -2.81. The minimum Gasteiger partial charge on any atom is -0.357 e. The molecule has 10 heteroatoms. The zero-order valence-electron chi connectivity index (χ0n) is 17.4. The van der Waals surface area contributed by atoms with Crippen LogP contribution in [-0.4, -0.2) is 41.8 Å². The van der Waals surface area contributed by atoms with E-state index in [9.17, 15) is 18.0 Å². The summed E-state index contributed by atoms with van der Waals surface area (Å²) in [5.41, 5.74) is 4.67. The van der Waals surface area contributed by atoms with Crippen LogP contribution in [0.4, 0.5) is 18.9 Å². The van der Waals surface area contributed by atoms with Crippen molar-refractivity contribution in [2.45, 2.75) is 18.6 Å². The predicted octanol–water partition coefficient (Wildman–Crippen LogP) is 5.90. The van der Waals surface area contributed by atoms with E-state index >= 15 is 0 Å². The van der Waals surface area contributed by atoms with Crippen LogP contribution in [0, 0.1) is 0 Å². The number of nitrogens with zero attached hydrogens (tertiary/aromatic N) is 1. The van der Waals surface area contributed by atoms with Crippen LogP contribution in [-0.2, 0) is 11.3 Å². The highest BCUT2D eigenvalue weighted by Crippen LogP contribution is 2.38. The monoisotopic (exact) mass is 497 g/mol. The van der Waals surface area contributed by atoms with E-state index in [1.54, 1.807) is 24.4 Å². The van der Waals surface area contributed by atoms with Crippen LogP contribution < -0.4 is 5.32 Å². The van der Waals surface area contributed by atoms with Crippen molar-refractivity contribution in [3.63, 3.8) is 0 Å². The van der Waals surface area contributed by atoms with Gasteiger partial charge in [0.05, 0.1) is 0 Å². The molecule has 0 saturated carbocycles. The quantitative estimate of drug-likeness (QED) is 0.442. The Labute approximate surface area is 198 Å². The van der Waals surface area contributed by atoms with Gasteiger partial charge in [-0.1, -0.05) is 35.3 Å². The number of fused-ring (bicyclic) bond motifs is 1. The van der Waals surface area contributed by atoms with E-state index in [0.717, 1.165) is 35.5 Å². The maximum atomic E-state index is 12.3. The molecule has 174 valence electrons. The van der Waals surface area contributed by atoms with Crippen molar-refractivity contribution in [1.29, 1.82) is 0 Å². The minimum absolute atomic E-state index is 0.136. The lowest BCUT2D eigenvalue weighted by molar-refractivity contribution is -0.156. The standard InChI is InChI=1S/C21H19Cl2N3O.C2HF3O/c1-26-11-17(16-9-14(22)10-19(23)18(16)12-26)13-4-2-5-15(8-13)25-21(27)20-6-3-7-24-20;3-2(4,5)1-6/h2-10,17,24H,11-12H2,1H3,(H,25,27);1H. The zero-order valence-corrected chi connectivity index (χ0v) is 18.9. The van der Waals surface area contributed by atoms with Crippen molar-refractivity contribution >= 4 is 41.1 Å². The van der Waals surface area contributed by atoms with Crippen molar-refractivity contribution in [2.75, 3.05) is 18.9 Å². The molecule has 0 aliphatic carbocycles. The molecule has 0 bridgehead atoms. The molecule has 2 aromatic carbocycles. The van der Waals surface area contributed by atoms with Crippen LogP contribution in [0.2, 0.25) is 10.0 Å². The summed E-state index contributed by atoms with van der Waals surface area (Å²) < 4.78 is 31.2.